The molecule has 0 amide bonds. The Morgan fingerprint density at radius 2 is 2.56 bits per heavy atom. The van der Waals surface area contributed by atoms with Gasteiger partial charge in [-0.05, 0) is 0 Å². The van der Waals surface area contributed by atoms with E-state index in [2.05, 4.69) is 4.98 Å². The Hall–Kier alpha value is -1.01. The first-order valence-electron chi connectivity index (χ1n) is 5.18. The summed E-state index contributed by atoms with van der Waals surface area (Å²) in [6, 6.07) is -0.367. The summed E-state index contributed by atoms with van der Waals surface area (Å²) in [6.45, 7) is 1.49. The number of aromatic nitrogens is 2. The molecule has 0 bridgehead atoms. The quantitative estimate of drug-likeness (QED) is 0.831. The summed E-state index contributed by atoms with van der Waals surface area (Å²) in [6.07, 6.45) is 3.53. The molecule has 0 radical (unpaired) electrons. The average Bonchev–Trinajstić information content (AvgIpc) is 2.65. The smallest absolute Gasteiger partial charge is 0.321 e. The van der Waals surface area contributed by atoms with E-state index in [0.717, 1.165) is 18.0 Å². The molecule has 88 valence electrons. The fourth-order valence-corrected chi connectivity index (χ4v) is 2.91. The molecule has 6 heteroatoms. The number of nitrogens with zero attached hydrogens (tertiary/aromatic N) is 3. The number of aryl methyl sites for hydroxylation is 1. The van der Waals surface area contributed by atoms with Gasteiger partial charge in [0.25, 0.3) is 0 Å². The van der Waals surface area contributed by atoms with Crippen LogP contribution in [0, 0.1) is 0 Å². The van der Waals surface area contributed by atoms with E-state index < -0.39 is 5.97 Å². The summed E-state index contributed by atoms with van der Waals surface area (Å²) in [7, 11) is 1.93. The van der Waals surface area contributed by atoms with Crippen LogP contribution in [0.3, 0.4) is 0 Å². The van der Waals surface area contributed by atoms with Gasteiger partial charge in [0, 0.05) is 37.8 Å². The lowest BCUT2D eigenvalue weighted by Gasteiger charge is -2.32. The lowest BCUT2D eigenvalue weighted by molar-refractivity contribution is -0.142. The molecule has 1 aromatic rings. The Kier molecular flexibility index (Phi) is 3.50. The number of hydrogen-bond acceptors (Lipinski definition) is 4. The number of carboxylic acid groups (broad SMARTS) is 1. The summed E-state index contributed by atoms with van der Waals surface area (Å²) in [4.78, 5) is 17.2. The van der Waals surface area contributed by atoms with Gasteiger partial charge in [0.15, 0.2) is 0 Å². The largest absolute Gasteiger partial charge is 0.480 e. The van der Waals surface area contributed by atoms with Crippen molar-refractivity contribution in [1.29, 1.82) is 0 Å². The summed E-state index contributed by atoms with van der Waals surface area (Å²) in [5.74, 6) is 0.948. The maximum atomic E-state index is 11.1. The molecule has 1 saturated heterocycles. The Balaban J connectivity index is 2.07. The second-order valence-corrected chi connectivity index (χ2v) is 5.05. The van der Waals surface area contributed by atoms with Crippen LogP contribution in [-0.4, -0.2) is 49.6 Å². The van der Waals surface area contributed by atoms with E-state index in [9.17, 15) is 4.79 Å². The first-order valence-corrected chi connectivity index (χ1v) is 6.34. The highest BCUT2D eigenvalue weighted by atomic mass is 32.2. The van der Waals surface area contributed by atoms with Gasteiger partial charge in [-0.2, -0.15) is 11.8 Å². The standard InChI is InChI=1S/C10H15N3O2S/c1-12-7-11-4-8(12)5-13-2-3-16-6-9(13)10(14)15/h4,7,9H,2-3,5-6H2,1H3,(H,14,15). The van der Waals surface area contributed by atoms with E-state index in [1.165, 1.54) is 0 Å². The maximum absolute atomic E-state index is 11.1. The third kappa shape index (κ3) is 2.38. The minimum atomic E-state index is -0.727. The maximum Gasteiger partial charge on any atom is 0.321 e. The number of carboxylic acids is 1. The first-order chi connectivity index (χ1) is 7.68. The minimum absolute atomic E-state index is 0.367. The number of imidazole rings is 1. The van der Waals surface area contributed by atoms with Crippen molar-refractivity contribution < 1.29 is 9.90 Å². The van der Waals surface area contributed by atoms with Gasteiger partial charge in [0.1, 0.15) is 6.04 Å². The molecule has 2 rings (SSSR count). The Morgan fingerprint density at radius 3 is 3.19 bits per heavy atom. The van der Waals surface area contributed by atoms with Crippen LogP contribution in [0.1, 0.15) is 5.69 Å². The van der Waals surface area contributed by atoms with Crippen LogP contribution in [0.2, 0.25) is 0 Å². The molecule has 5 nitrogen and oxygen atoms in total. The van der Waals surface area contributed by atoms with Crippen molar-refractivity contribution in [2.75, 3.05) is 18.1 Å². The van der Waals surface area contributed by atoms with Crippen molar-refractivity contribution in [2.45, 2.75) is 12.6 Å². The van der Waals surface area contributed by atoms with Crippen LogP contribution >= 0.6 is 11.8 Å². The normalized spacial score (nSPS) is 22.2. The molecular formula is C10H15N3O2S. The first kappa shape index (κ1) is 11.5. The van der Waals surface area contributed by atoms with Crippen molar-refractivity contribution in [2.24, 2.45) is 7.05 Å². The second-order valence-electron chi connectivity index (χ2n) is 3.90. The van der Waals surface area contributed by atoms with E-state index in [1.54, 1.807) is 24.3 Å². The molecule has 0 aliphatic carbocycles. The molecular weight excluding hydrogens is 226 g/mol. The van der Waals surface area contributed by atoms with Crippen molar-refractivity contribution in [3.05, 3.63) is 18.2 Å². The van der Waals surface area contributed by atoms with Gasteiger partial charge in [-0.3, -0.25) is 9.69 Å². The zero-order chi connectivity index (χ0) is 11.5. The van der Waals surface area contributed by atoms with Crippen molar-refractivity contribution in [1.82, 2.24) is 14.5 Å². The van der Waals surface area contributed by atoms with Crippen molar-refractivity contribution in [3.63, 3.8) is 0 Å². The van der Waals surface area contributed by atoms with Gasteiger partial charge in [-0.1, -0.05) is 0 Å². The molecule has 0 saturated carbocycles. The number of thioether (sulfide) groups is 1. The van der Waals surface area contributed by atoms with Crippen LogP contribution in [0.25, 0.3) is 0 Å². The monoisotopic (exact) mass is 241 g/mol. The highest BCUT2D eigenvalue weighted by molar-refractivity contribution is 7.99. The number of hydrogen-bond donors (Lipinski definition) is 1. The van der Waals surface area contributed by atoms with E-state index in [1.807, 2.05) is 16.5 Å². The summed E-state index contributed by atoms with van der Waals surface area (Å²) >= 11 is 1.71. The minimum Gasteiger partial charge on any atom is -0.480 e. The van der Waals surface area contributed by atoms with Gasteiger partial charge in [0.05, 0.1) is 12.0 Å². The molecule has 1 fully saturated rings. The zero-order valence-electron chi connectivity index (χ0n) is 9.17. The van der Waals surface area contributed by atoms with Gasteiger partial charge < -0.3 is 9.67 Å². The molecule has 1 atom stereocenters. The Labute approximate surface area is 98.5 Å². The highest BCUT2D eigenvalue weighted by Crippen LogP contribution is 2.18. The van der Waals surface area contributed by atoms with E-state index in [4.69, 9.17) is 5.11 Å². The third-order valence-electron chi connectivity index (χ3n) is 2.81. The molecule has 1 aromatic heterocycles. The molecule has 1 unspecified atom stereocenters. The number of rotatable bonds is 3. The Morgan fingerprint density at radius 1 is 1.75 bits per heavy atom. The van der Waals surface area contributed by atoms with Crippen LogP contribution in [0.4, 0.5) is 0 Å². The molecule has 0 spiro atoms. The average molecular weight is 241 g/mol. The van der Waals surface area contributed by atoms with Crippen LogP contribution in [0.15, 0.2) is 12.5 Å². The fraction of sp³-hybridized carbons (Fsp3) is 0.600. The predicted octanol–water partition coefficient (Wildman–Crippen LogP) is 0.422. The number of carbonyl (C=O) groups is 1. The molecule has 16 heavy (non-hydrogen) atoms. The highest BCUT2D eigenvalue weighted by Gasteiger charge is 2.29. The lowest BCUT2D eigenvalue weighted by Crippen LogP contribution is -2.46. The van der Waals surface area contributed by atoms with Gasteiger partial charge in [-0.25, -0.2) is 4.98 Å². The molecule has 0 aromatic carbocycles. The Bertz CT molecular complexity index is 380. The third-order valence-corrected chi connectivity index (χ3v) is 3.83. The molecule has 1 N–H and O–H groups in total. The van der Waals surface area contributed by atoms with E-state index >= 15 is 0 Å². The summed E-state index contributed by atoms with van der Waals surface area (Å²) in [5, 5.41) is 9.13. The topological polar surface area (TPSA) is 58.4 Å². The van der Waals surface area contributed by atoms with Crippen LogP contribution in [0.5, 0.6) is 0 Å². The zero-order valence-corrected chi connectivity index (χ0v) is 9.98. The van der Waals surface area contributed by atoms with Gasteiger partial charge >= 0.3 is 5.97 Å². The van der Waals surface area contributed by atoms with Crippen molar-refractivity contribution in [3.8, 4) is 0 Å². The fourth-order valence-electron chi connectivity index (χ4n) is 1.80. The lowest BCUT2D eigenvalue weighted by atomic mass is 10.2. The molecule has 1 aliphatic heterocycles. The SMILES string of the molecule is Cn1cncc1CN1CCSCC1C(=O)O. The molecule has 1 aliphatic rings. The van der Waals surface area contributed by atoms with Crippen molar-refractivity contribution >= 4 is 17.7 Å². The van der Waals surface area contributed by atoms with Gasteiger partial charge in [0.2, 0.25) is 0 Å². The molecule has 2 heterocycles. The summed E-state index contributed by atoms with van der Waals surface area (Å²) in [5.41, 5.74) is 1.05. The second kappa shape index (κ2) is 4.88. The number of aliphatic carboxylic acids is 1. The van der Waals surface area contributed by atoms with Crippen LogP contribution in [-0.2, 0) is 18.4 Å². The van der Waals surface area contributed by atoms with Crippen LogP contribution < -0.4 is 0 Å². The summed E-state index contributed by atoms with van der Waals surface area (Å²) < 4.78 is 1.93. The predicted molar refractivity (Wildman–Crippen MR) is 62.4 cm³/mol. The van der Waals surface area contributed by atoms with E-state index in [0.29, 0.717) is 12.3 Å². The van der Waals surface area contributed by atoms with E-state index in [-0.39, 0.29) is 6.04 Å². The van der Waals surface area contributed by atoms with Gasteiger partial charge in [-0.15, -0.1) is 0 Å².